The zero-order valence-electron chi connectivity index (χ0n) is 19.2. The van der Waals surface area contributed by atoms with Gasteiger partial charge in [0.15, 0.2) is 0 Å². The number of ketones is 1. The van der Waals surface area contributed by atoms with Crippen molar-refractivity contribution in [3.63, 3.8) is 0 Å². The van der Waals surface area contributed by atoms with Crippen LogP contribution in [0.25, 0.3) is 5.76 Å². The molecule has 1 aromatic carbocycles. The van der Waals surface area contributed by atoms with Crippen molar-refractivity contribution in [3.8, 4) is 0 Å². The van der Waals surface area contributed by atoms with Crippen LogP contribution in [-0.4, -0.2) is 31.7 Å². The first-order valence-corrected chi connectivity index (χ1v) is 10.9. The minimum atomic E-state index is -0.802. The lowest BCUT2D eigenvalue weighted by Gasteiger charge is -2.25. The van der Waals surface area contributed by atoms with Crippen LogP contribution in [0.4, 0.5) is 0 Å². The van der Waals surface area contributed by atoms with Gasteiger partial charge < -0.3 is 10.0 Å². The maximum absolute atomic E-state index is 13.2. The number of hydrogen-bond donors (Lipinski definition) is 1. The standard InChI is InChI=1S/C27H27N3O3/c1-17-10-11-19(27(2,3)4)14-20(17)24(31)22-23(21-9-5-6-13-29-21)30(26(33)25(22)32)16-18-8-7-12-28-15-18/h5-15,23,31H,16H2,1-4H3/b24-22+. The fourth-order valence-corrected chi connectivity index (χ4v) is 4.07. The molecule has 6 heteroatoms. The summed E-state index contributed by atoms with van der Waals surface area (Å²) < 4.78 is 0. The molecule has 6 nitrogen and oxygen atoms in total. The highest BCUT2D eigenvalue weighted by molar-refractivity contribution is 6.46. The molecular formula is C27H27N3O3. The Labute approximate surface area is 193 Å². The van der Waals surface area contributed by atoms with Gasteiger partial charge in [-0.25, -0.2) is 0 Å². The number of aromatic nitrogens is 2. The van der Waals surface area contributed by atoms with Gasteiger partial charge in [0.05, 0.1) is 11.3 Å². The van der Waals surface area contributed by atoms with E-state index >= 15 is 0 Å². The number of amides is 1. The summed E-state index contributed by atoms with van der Waals surface area (Å²) in [7, 11) is 0. The van der Waals surface area contributed by atoms with Crippen LogP contribution in [0.3, 0.4) is 0 Å². The molecule has 1 saturated heterocycles. The van der Waals surface area contributed by atoms with E-state index < -0.39 is 17.7 Å². The first kappa shape index (κ1) is 22.4. The van der Waals surface area contributed by atoms with Crippen LogP contribution >= 0.6 is 0 Å². The monoisotopic (exact) mass is 441 g/mol. The molecule has 33 heavy (non-hydrogen) atoms. The lowest BCUT2D eigenvalue weighted by atomic mass is 9.84. The molecule has 1 aliphatic rings. The molecule has 1 amide bonds. The van der Waals surface area contributed by atoms with E-state index in [1.165, 1.54) is 4.90 Å². The molecule has 3 heterocycles. The Morgan fingerprint density at radius 2 is 1.85 bits per heavy atom. The first-order valence-electron chi connectivity index (χ1n) is 10.9. The Morgan fingerprint density at radius 1 is 1.06 bits per heavy atom. The van der Waals surface area contributed by atoms with E-state index in [1.807, 2.05) is 31.2 Å². The number of pyridine rings is 2. The molecule has 0 radical (unpaired) electrons. The van der Waals surface area contributed by atoms with Crippen molar-refractivity contribution in [2.75, 3.05) is 0 Å². The van der Waals surface area contributed by atoms with Gasteiger partial charge in [-0.3, -0.25) is 19.6 Å². The predicted molar refractivity (Wildman–Crippen MR) is 126 cm³/mol. The van der Waals surface area contributed by atoms with Crippen molar-refractivity contribution in [1.82, 2.24) is 14.9 Å². The molecule has 0 spiro atoms. The third-order valence-electron chi connectivity index (χ3n) is 5.94. The van der Waals surface area contributed by atoms with Crippen molar-refractivity contribution >= 4 is 17.4 Å². The van der Waals surface area contributed by atoms with E-state index in [9.17, 15) is 14.7 Å². The molecule has 0 saturated carbocycles. The van der Waals surface area contributed by atoms with Gasteiger partial charge in [-0.05, 0) is 53.3 Å². The third kappa shape index (κ3) is 4.29. The lowest BCUT2D eigenvalue weighted by molar-refractivity contribution is -0.140. The molecule has 1 N–H and O–H groups in total. The minimum absolute atomic E-state index is 0.0525. The average molecular weight is 442 g/mol. The highest BCUT2D eigenvalue weighted by Gasteiger charge is 2.46. The number of aryl methyl sites for hydroxylation is 1. The third-order valence-corrected chi connectivity index (χ3v) is 5.94. The molecule has 1 fully saturated rings. The number of benzene rings is 1. The van der Waals surface area contributed by atoms with Crippen LogP contribution in [0, 0.1) is 6.92 Å². The largest absolute Gasteiger partial charge is 0.507 e. The molecule has 168 valence electrons. The van der Waals surface area contributed by atoms with E-state index in [-0.39, 0.29) is 23.3 Å². The van der Waals surface area contributed by atoms with Crippen LogP contribution in [0.2, 0.25) is 0 Å². The smallest absolute Gasteiger partial charge is 0.296 e. The van der Waals surface area contributed by atoms with Crippen molar-refractivity contribution < 1.29 is 14.7 Å². The molecule has 2 aromatic heterocycles. The van der Waals surface area contributed by atoms with Gasteiger partial charge in [-0.2, -0.15) is 0 Å². The Bertz CT molecular complexity index is 1230. The van der Waals surface area contributed by atoms with E-state index in [1.54, 1.807) is 42.9 Å². The predicted octanol–water partition coefficient (Wildman–Crippen LogP) is 4.70. The first-order chi connectivity index (χ1) is 15.7. The summed E-state index contributed by atoms with van der Waals surface area (Å²) in [6, 6.07) is 14.0. The maximum atomic E-state index is 13.2. The molecule has 0 bridgehead atoms. The topological polar surface area (TPSA) is 83.4 Å². The lowest BCUT2D eigenvalue weighted by Crippen LogP contribution is -2.29. The van der Waals surface area contributed by atoms with Crippen LogP contribution in [0.5, 0.6) is 0 Å². The van der Waals surface area contributed by atoms with Gasteiger partial charge in [0.25, 0.3) is 11.7 Å². The van der Waals surface area contributed by atoms with Crippen molar-refractivity contribution in [2.45, 2.75) is 45.7 Å². The average Bonchev–Trinajstić information content (AvgIpc) is 3.04. The summed E-state index contributed by atoms with van der Waals surface area (Å²) >= 11 is 0. The Balaban J connectivity index is 1.90. The van der Waals surface area contributed by atoms with E-state index in [2.05, 4.69) is 30.7 Å². The van der Waals surface area contributed by atoms with Crippen LogP contribution in [0.15, 0.2) is 72.7 Å². The number of aliphatic hydroxyl groups excluding tert-OH is 1. The van der Waals surface area contributed by atoms with E-state index in [4.69, 9.17) is 0 Å². The summed E-state index contributed by atoms with van der Waals surface area (Å²) in [6.45, 7) is 8.31. The number of hydrogen-bond acceptors (Lipinski definition) is 5. The fraction of sp³-hybridized carbons (Fsp3) is 0.259. The number of nitrogens with zero attached hydrogens (tertiary/aromatic N) is 3. The molecule has 1 aliphatic heterocycles. The summed E-state index contributed by atoms with van der Waals surface area (Å²) in [5, 5.41) is 11.4. The number of rotatable bonds is 4. The van der Waals surface area contributed by atoms with E-state index in [0.29, 0.717) is 11.3 Å². The Morgan fingerprint density at radius 3 is 2.48 bits per heavy atom. The number of carbonyl (C=O) groups is 2. The van der Waals surface area contributed by atoms with Gasteiger partial charge in [-0.1, -0.05) is 45.0 Å². The summed E-state index contributed by atoms with van der Waals surface area (Å²) in [6.07, 6.45) is 4.93. The van der Waals surface area contributed by atoms with Crippen molar-refractivity contribution in [1.29, 1.82) is 0 Å². The van der Waals surface area contributed by atoms with Gasteiger partial charge in [0.2, 0.25) is 0 Å². The summed E-state index contributed by atoms with van der Waals surface area (Å²) in [4.78, 5) is 36.4. The normalized spacial score (nSPS) is 18.1. The zero-order chi connectivity index (χ0) is 23.8. The number of Topliss-reactive ketones (excluding diaryl/α,β-unsaturated/α-hetero) is 1. The van der Waals surface area contributed by atoms with Crippen LogP contribution < -0.4 is 0 Å². The van der Waals surface area contributed by atoms with Gasteiger partial charge in [0.1, 0.15) is 11.8 Å². The quantitative estimate of drug-likeness (QED) is 0.360. The highest BCUT2D eigenvalue weighted by Crippen LogP contribution is 2.40. The Hall–Kier alpha value is -3.80. The fourth-order valence-electron chi connectivity index (χ4n) is 4.07. The second kappa shape index (κ2) is 8.62. The van der Waals surface area contributed by atoms with E-state index in [0.717, 1.165) is 16.7 Å². The SMILES string of the molecule is Cc1ccc(C(C)(C)C)cc1/C(O)=C1\C(=O)C(=O)N(Cc2cccnc2)C1c1ccccn1. The second-order valence-corrected chi connectivity index (χ2v) is 9.32. The highest BCUT2D eigenvalue weighted by atomic mass is 16.3. The molecule has 1 atom stereocenters. The van der Waals surface area contributed by atoms with Crippen molar-refractivity contribution in [3.05, 3.63) is 101 Å². The maximum Gasteiger partial charge on any atom is 0.296 e. The molecule has 3 aromatic rings. The number of carbonyl (C=O) groups excluding carboxylic acids is 2. The summed E-state index contributed by atoms with van der Waals surface area (Å²) in [5.74, 6) is -1.56. The van der Waals surface area contributed by atoms with Crippen LogP contribution in [0.1, 0.15) is 54.8 Å². The van der Waals surface area contributed by atoms with Gasteiger partial charge in [-0.15, -0.1) is 0 Å². The minimum Gasteiger partial charge on any atom is -0.507 e. The van der Waals surface area contributed by atoms with Gasteiger partial charge in [0, 0.05) is 30.7 Å². The second-order valence-electron chi connectivity index (χ2n) is 9.32. The van der Waals surface area contributed by atoms with Crippen LogP contribution in [-0.2, 0) is 21.5 Å². The van der Waals surface area contributed by atoms with Crippen molar-refractivity contribution in [2.24, 2.45) is 0 Å². The Kier molecular flexibility index (Phi) is 5.85. The zero-order valence-corrected chi connectivity index (χ0v) is 19.2. The number of likely N-dealkylation sites (tertiary alicyclic amines) is 1. The molecular weight excluding hydrogens is 414 g/mol. The molecule has 0 aliphatic carbocycles. The molecule has 4 rings (SSSR count). The number of aliphatic hydroxyl groups is 1. The van der Waals surface area contributed by atoms with Gasteiger partial charge >= 0.3 is 0 Å². The molecule has 1 unspecified atom stereocenters. The summed E-state index contributed by atoms with van der Waals surface area (Å²) in [5.41, 5.74) is 3.60.